The van der Waals surface area contributed by atoms with Crippen molar-refractivity contribution in [3.63, 3.8) is 0 Å². The molecule has 0 aliphatic heterocycles. The lowest BCUT2D eigenvalue weighted by Crippen LogP contribution is -2.31. The fraction of sp³-hybridized carbons (Fsp3) is 0.300. The van der Waals surface area contributed by atoms with E-state index in [-0.39, 0.29) is 11.3 Å². The first kappa shape index (κ1) is 12.2. The van der Waals surface area contributed by atoms with Crippen molar-refractivity contribution < 1.29 is 13.9 Å². The summed E-state index contributed by atoms with van der Waals surface area (Å²) in [5, 5.41) is 19.5. The van der Waals surface area contributed by atoms with Crippen molar-refractivity contribution in [1.29, 1.82) is 5.26 Å². The summed E-state index contributed by atoms with van der Waals surface area (Å²) < 4.78 is 25.5. The molecule has 0 bridgehead atoms. The molecule has 0 aliphatic carbocycles. The van der Waals surface area contributed by atoms with E-state index in [1.54, 1.807) is 0 Å². The lowest BCUT2D eigenvalue weighted by Gasteiger charge is -2.15. The van der Waals surface area contributed by atoms with Gasteiger partial charge in [-0.25, -0.2) is 8.78 Å². The Balaban J connectivity index is 2.79. The maximum atomic E-state index is 12.7. The van der Waals surface area contributed by atoms with Gasteiger partial charge in [0.05, 0.1) is 17.8 Å². The summed E-state index contributed by atoms with van der Waals surface area (Å²) in [6.07, 6.45) is 0. The van der Waals surface area contributed by atoms with E-state index in [1.807, 2.05) is 6.07 Å². The van der Waals surface area contributed by atoms with Gasteiger partial charge in [0.25, 0.3) is 5.92 Å². The standard InChI is InChI=1S/C10H11F2N3O/c11-10(12,6-16)5-15-9-2-1-8(14)3-7(9)4-13/h1-3,15-16H,5-6,14H2. The number of aliphatic hydroxyl groups excluding tert-OH is 1. The maximum Gasteiger partial charge on any atom is 0.287 e. The minimum absolute atomic E-state index is 0.189. The Labute approximate surface area is 91.3 Å². The molecule has 0 amide bonds. The molecule has 1 aromatic carbocycles. The third kappa shape index (κ3) is 3.07. The van der Waals surface area contributed by atoms with Gasteiger partial charge in [-0.1, -0.05) is 0 Å². The normalized spacial score (nSPS) is 10.9. The van der Waals surface area contributed by atoms with Crippen LogP contribution in [0.4, 0.5) is 20.2 Å². The van der Waals surface area contributed by atoms with E-state index >= 15 is 0 Å². The molecule has 0 saturated heterocycles. The molecule has 0 spiro atoms. The average molecular weight is 227 g/mol. The molecule has 6 heteroatoms. The number of halogens is 2. The molecule has 16 heavy (non-hydrogen) atoms. The van der Waals surface area contributed by atoms with E-state index in [4.69, 9.17) is 16.1 Å². The fourth-order valence-corrected chi connectivity index (χ4v) is 1.09. The van der Waals surface area contributed by atoms with Crippen molar-refractivity contribution in [2.75, 3.05) is 24.2 Å². The molecule has 1 rings (SSSR count). The second-order valence-electron chi connectivity index (χ2n) is 3.28. The Morgan fingerprint density at radius 1 is 1.50 bits per heavy atom. The molecule has 4 nitrogen and oxygen atoms in total. The molecular weight excluding hydrogens is 216 g/mol. The Morgan fingerprint density at radius 2 is 2.19 bits per heavy atom. The van der Waals surface area contributed by atoms with Crippen LogP contribution in [-0.2, 0) is 0 Å². The predicted molar refractivity (Wildman–Crippen MR) is 56.1 cm³/mol. The Bertz CT molecular complexity index is 415. The van der Waals surface area contributed by atoms with Gasteiger partial charge in [0.1, 0.15) is 12.7 Å². The summed E-state index contributed by atoms with van der Waals surface area (Å²) in [6, 6.07) is 6.18. The molecular formula is C10H11F2N3O. The number of hydrogen-bond acceptors (Lipinski definition) is 4. The highest BCUT2D eigenvalue weighted by Gasteiger charge is 2.27. The summed E-state index contributed by atoms with van der Waals surface area (Å²) >= 11 is 0. The average Bonchev–Trinajstić information content (AvgIpc) is 2.27. The van der Waals surface area contributed by atoms with E-state index in [0.29, 0.717) is 5.69 Å². The Kier molecular flexibility index (Phi) is 3.64. The highest BCUT2D eigenvalue weighted by atomic mass is 19.3. The van der Waals surface area contributed by atoms with Crippen LogP contribution in [0.3, 0.4) is 0 Å². The van der Waals surface area contributed by atoms with Gasteiger partial charge in [-0.05, 0) is 18.2 Å². The first-order valence-corrected chi connectivity index (χ1v) is 4.51. The van der Waals surface area contributed by atoms with Crippen molar-refractivity contribution in [3.8, 4) is 6.07 Å². The number of aliphatic hydroxyl groups is 1. The van der Waals surface area contributed by atoms with Gasteiger partial charge in [-0.15, -0.1) is 0 Å². The summed E-state index contributed by atoms with van der Waals surface area (Å²) in [5.41, 5.74) is 6.29. The molecule has 0 saturated carbocycles. The number of nitriles is 1. The van der Waals surface area contributed by atoms with Gasteiger partial charge in [0.15, 0.2) is 0 Å². The second kappa shape index (κ2) is 4.77. The number of nitrogens with zero attached hydrogens (tertiary/aromatic N) is 1. The number of nitrogens with one attached hydrogen (secondary N) is 1. The summed E-state index contributed by atoms with van der Waals surface area (Å²) in [6.45, 7) is -1.97. The van der Waals surface area contributed by atoms with Crippen molar-refractivity contribution >= 4 is 11.4 Å². The number of rotatable bonds is 4. The van der Waals surface area contributed by atoms with Crippen LogP contribution in [0.25, 0.3) is 0 Å². The number of hydrogen-bond donors (Lipinski definition) is 3. The fourth-order valence-electron chi connectivity index (χ4n) is 1.09. The summed E-state index contributed by atoms with van der Waals surface area (Å²) in [4.78, 5) is 0. The third-order valence-electron chi connectivity index (χ3n) is 1.93. The van der Waals surface area contributed by atoms with Crippen molar-refractivity contribution in [2.24, 2.45) is 0 Å². The van der Waals surface area contributed by atoms with E-state index in [0.717, 1.165) is 0 Å². The van der Waals surface area contributed by atoms with Gasteiger partial charge in [0.2, 0.25) is 0 Å². The summed E-state index contributed by atoms with van der Waals surface area (Å²) in [5.74, 6) is -3.21. The molecule has 0 unspecified atom stereocenters. The number of nitrogen functional groups attached to an aromatic ring is 1. The molecule has 0 radical (unpaired) electrons. The molecule has 1 aromatic rings. The maximum absolute atomic E-state index is 12.7. The number of alkyl halides is 2. The van der Waals surface area contributed by atoms with Crippen LogP contribution < -0.4 is 11.1 Å². The van der Waals surface area contributed by atoms with Crippen LogP contribution in [-0.4, -0.2) is 24.2 Å². The molecule has 4 N–H and O–H groups in total. The first-order valence-electron chi connectivity index (χ1n) is 4.51. The van der Waals surface area contributed by atoms with Crippen LogP contribution in [0, 0.1) is 11.3 Å². The molecule has 0 fully saturated rings. The molecule has 0 aromatic heterocycles. The van der Waals surface area contributed by atoms with Crippen LogP contribution in [0.5, 0.6) is 0 Å². The first-order chi connectivity index (χ1) is 7.48. The molecule has 86 valence electrons. The van der Waals surface area contributed by atoms with E-state index < -0.39 is 19.1 Å². The highest BCUT2D eigenvalue weighted by molar-refractivity contribution is 5.63. The SMILES string of the molecule is N#Cc1cc(N)ccc1NCC(F)(F)CO. The van der Waals surface area contributed by atoms with Gasteiger partial charge in [0, 0.05) is 5.69 Å². The van der Waals surface area contributed by atoms with Crippen LogP contribution in [0.15, 0.2) is 18.2 Å². The van der Waals surface area contributed by atoms with E-state index in [9.17, 15) is 8.78 Å². The van der Waals surface area contributed by atoms with Crippen molar-refractivity contribution in [1.82, 2.24) is 0 Å². The number of nitrogens with two attached hydrogens (primary N) is 1. The quantitative estimate of drug-likeness (QED) is 0.674. The Hall–Kier alpha value is -1.87. The second-order valence-corrected chi connectivity index (χ2v) is 3.28. The van der Waals surface area contributed by atoms with E-state index in [1.165, 1.54) is 18.2 Å². The largest absolute Gasteiger partial charge is 0.399 e. The monoisotopic (exact) mass is 227 g/mol. The zero-order chi connectivity index (χ0) is 12.2. The predicted octanol–water partition coefficient (Wildman–Crippen LogP) is 1.18. The number of benzene rings is 1. The van der Waals surface area contributed by atoms with Crippen LogP contribution >= 0.6 is 0 Å². The molecule has 0 heterocycles. The smallest absolute Gasteiger partial charge is 0.287 e. The van der Waals surface area contributed by atoms with Gasteiger partial charge in [-0.2, -0.15) is 5.26 Å². The third-order valence-corrected chi connectivity index (χ3v) is 1.93. The van der Waals surface area contributed by atoms with Crippen LogP contribution in [0.2, 0.25) is 0 Å². The zero-order valence-corrected chi connectivity index (χ0v) is 8.37. The van der Waals surface area contributed by atoms with E-state index in [2.05, 4.69) is 5.32 Å². The Morgan fingerprint density at radius 3 is 2.75 bits per heavy atom. The van der Waals surface area contributed by atoms with Crippen LogP contribution in [0.1, 0.15) is 5.56 Å². The minimum atomic E-state index is -3.21. The van der Waals surface area contributed by atoms with Gasteiger partial charge < -0.3 is 16.2 Å². The molecule has 0 atom stereocenters. The van der Waals surface area contributed by atoms with Gasteiger partial charge in [-0.3, -0.25) is 0 Å². The molecule has 0 aliphatic rings. The minimum Gasteiger partial charge on any atom is -0.399 e. The highest BCUT2D eigenvalue weighted by Crippen LogP contribution is 2.20. The zero-order valence-electron chi connectivity index (χ0n) is 8.37. The topological polar surface area (TPSA) is 82.1 Å². The summed E-state index contributed by atoms with van der Waals surface area (Å²) in [7, 11) is 0. The number of anilines is 2. The lowest BCUT2D eigenvalue weighted by molar-refractivity contribution is -0.0372. The lowest BCUT2D eigenvalue weighted by atomic mass is 10.1. The van der Waals surface area contributed by atoms with Crippen molar-refractivity contribution in [3.05, 3.63) is 23.8 Å². The van der Waals surface area contributed by atoms with Crippen molar-refractivity contribution in [2.45, 2.75) is 5.92 Å². The van der Waals surface area contributed by atoms with Gasteiger partial charge >= 0.3 is 0 Å².